The Hall–Kier alpha value is -2.37. The van der Waals surface area contributed by atoms with E-state index in [1.165, 1.54) is 10.7 Å². The van der Waals surface area contributed by atoms with Gasteiger partial charge >= 0.3 is 0 Å². The molecule has 0 spiro atoms. The summed E-state index contributed by atoms with van der Waals surface area (Å²) in [7, 11) is 0. The summed E-state index contributed by atoms with van der Waals surface area (Å²) in [5.41, 5.74) is 8.58. The minimum Gasteiger partial charge on any atom is -0.383 e. The van der Waals surface area contributed by atoms with Crippen molar-refractivity contribution in [1.29, 1.82) is 0 Å². The fourth-order valence-electron chi connectivity index (χ4n) is 2.56. The molecule has 0 fully saturated rings. The van der Waals surface area contributed by atoms with E-state index >= 15 is 0 Å². The second-order valence-electron chi connectivity index (χ2n) is 4.68. The monoisotopic (exact) mass is 258 g/mol. The average molecular weight is 258 g/mol. The van der Waals surface area contributed by atoms with E-state index in [1.807, 2.05) is 0 Å². The first-order valence-electron chi connectivity index (χ1n) is 6.28. The van der Waals surface area contributed by atoms with Crippen molar-refractivity contribution < 1.29 is 4.92 Å². The molecule has 0 bridgehead atoms. The summed E-state index contributed by atoms with van der Waals surface area (Å²) in [4.78, 5) is 10.7. The van der Waals surface area contributed by atoms with Crippen LogP contribution in [-0.2, 0) is 12.8 Å². The van der Waals surface area contributed by atoms with Gasteiger partial charge in [0, 0.05) is 11.6 Å². The molecule has 2 aromatic rings. The highest BCUT2D eigenvalue weighted by atomic mass is 16.6. The molecule has 0 radical (unpaired) electrons. The first-order chi connectivity index (χ1) is 9.18. The number of hydrogen-bond donors (Lipinski definition) is 1. The van der Waals surface area contributed by atoms with Crippen molar-refractivity contribution in [3.63, 3.8) is 0 Å². The van der Waals surface area contributed by atoms with E-state index < -0.39 is 4.92 Å². The molecule has 1 aliphatic carbocycles. The zero-order valence-electron chi connectivity index (χ0n) is 10.4. The van der Waals surface area contributed by atoms with Gasteiger partial charge in [0.1, 0.15) is 11.5 Å². The van der Waals surface area contributed by atoms with Gasteiger partial charge in [0.2, 0.25) is 0 Å². The van der Waals surface area contributed by atoms with Crippen LogP contribution in [0.5, 0.6) is 0 Å². The van der Waals surface area contributed by atoms with Gasteiger partial charge in [-0.2, -0.15) is 5.10 Å². The number of aromatic nitrogens is 2. The summed E-state index contributed by atoms with van der Waals surface area (Å²) in [6, 6.07) is 6.53. The van der Waals surface area contributed by atoms with Crippen LogP contribution in [0.2, 0.25) is 0 Å². The van der Waals surface area contributed by atoms with E-state index in [0.29, 0.717) is 11.5 Å². The Morgan fingerprint density at radius 3 is 2.74 bits per heavy atom. The Bertz CT molecular complexity index is 648. The van der Waals surface area contributed by atoms with Crippen molar-refractivity contribution in [2.75, 3.05) is 5.73 Å². The van der Waals surface area contributed by atoms with Gasteiger partial charge < -0.3 is 5.73 Å². The largest absolute Gasteiger partial charge is 0.383 e. The Balaban J connectivity index is 2.18. The molecule has 0 saturated carbocycles. The van der Waals surface area contributed by atoms with Crippen LogP contribution >= 0.6 is 0 Å². The number of nitrogen functional groups attached to an aromatic ring is 1. The van der Waals surface area contributed by atoms with Crippen LogP contribution in [-0.4, -0.2) is 14.7 Å². The van der Waals surface area contributed by atoms with Crippen molar-refractivity contribution in [3.8, 4) is 5.69 Å². The number of nitrogens with two attached hydrogens (primary N) is 1. The predicted octanol–water partition coefficient (Wildman–Crippen LogP) is 2.24. The molecule has 0 atom stereocenters. The summed E-state index contributed by atoms with van der Waals surface area (Å²) < 4.78 is 1.51. The van der Waals surface area contributed by atoms with Crippen LogP contribution in [0.3, 0.4) is 0 Å². The molecule has 19 heavy (non-hydrogen) atoms. The molecule has 0 aliphatic heterocycles. The zero-order valence-corrected chi connectivity index (χ0v) is 10.4. The smallest absolute Gasteiger partial charge is 0.294 e. The van der Waals surface area contributed by atoms with Crippen LogP contribution in [0, 0.1) is 10.1 Å². The fraction of sp³-hybridized carbons (Fsp3) is 0.308. The number of fused-ring (bicyclic) bond motifs is 1. The maximum Gasteiger partial charge on any atom is 0.294 e. The summed E-state index contributed by atoms with van der Waals surface area (Å²) in [6.45, 7) is 0. The quantitative estimate of drug-likeness (QED) is 0.661. The van der Waals surface area contributed by atoms with Crippen molar-refractivity contribution in [2.45, 2.75) is 25.7 Å². The molecule has 2 N–H and O–H groups in total. The standard InChI is InChI=1S/C13H14N4O2/c14-13-9-5-1-2-6-10(9)15-16(13)11-7-3-4-8-12(11)17(18)19/h3-4,7-8H,1-2,5-6,14H2. The highest BCUT2D eigenvalue weighted by Crippen LogP contribution is 2.30. The lowest BCUT2D eigenvalue weighted by Gasteiger charge is -2.08. The normalized spacial score (nSPS) is 14.1. The number of aryl methyl sites for hydroxylation is 1. The third-order valence-electron chi connectivity index (χ3n) is 3.50. The van der Waals surface area contributed by atoms with Gasteiger partial charge in [-0.3, -0.25) is 10.1 Å². The average Bonchev–Trinajstić information content (AvgIpc) is 2.76. The molecule has 0 amide bonds. The number of rotatable bonds is 2. The summed E-state index contributed by atoms with van der Waals surface area (Å²) in [5.74, 6) is 0.531. The highest BCUT2D eigenvalue weighted by Gasteiger charge is 2.23. The van der Waals surface area contributed by atoms with Crippen LogP contribution in [0.4, 0.5) is 11.5 Å². The van der Waals surface area contributed by atoms with Gasteiger partial charge in [-0.15, -0.1) is 0 Å². The van der Waals surface area contributed by atoms with Gasteiger partial charge in [-0.25, -0.2) is 4.68 Å². The topological polar surface area (TPSA) is 87.0 Å². The number of hydrogen-bond acceptors (Lipinski definition) is 4. The van der Waals surface area contributed by atoms with E-state index in [9.17, 15) is 10.1 Å². The lowest BCUT2D eigenvalue weighted by atomic mass is 9.98. The molecule has 6 heteroatoms. The summed E-state index contributed by atoms with van der Waals surface area (Å²) in [6.07, 6.45) is 4.00. The molecular formula is C13H14N4O2. The predicted molar refractivity (Wildman–Crippen MR) is 71.3 cm³/mol. The van der Waals surface area contributed by atoms with Crippen molar-refractivity contribution in [2.24, 2.45) is 0 Å². The van der Waals surface area contributed by atoms with E-state index in [4.69, 9.17) is 5.73 Å². The third-order valence-corrected chi connectivity index (χ3v) is 3.50. The highest BCUT2D eigenvalue weighted by molar-refractivity contribution is 5.58. The van der Waals surface area contributed by atoms with Gasteiger partial charge in [-0.1, -0.05) is 12.1 Å². The van der Waals surface area contributed by atoms with Gasteiger partial charge in [0.15, 0.2) is 0 Å². The molecule has 6 nitrogen and oxygen atoms in total. The first kappa shape index (κ1) is 11.7. The van der Waals surface area contributed by atoms with E-state index in [1.54, 1.807) is 18.2 Å². The first-order valence-corrected chi connectivity index (χ1v) is 6.28. The fourth-order valence-corrected chi connectivity index (χ4v) is 2.56. The van der Waals surface area contributed by atoms with E-state index in [-0.39, 0.29) is 5.69 Å². The minimum atomic E-state index is -0.407. The molecule has 0 saturated heterocycles. The molecular weight excluding hydrogens is 244 g/mol. The second kappa shape index (κ2) is 4.38. The van der Waals surface area contributed by atoms with Gasteiger partial charge in [0.25, 0.3) is 5.69 Å². The van der Waals surface area contributed by atoms with Crippen molar-refractivity contribution in [1.82, 2.24) is 9.78 Å². The van der Waals surface area contributed by atoms with Crippen LogP contribution in [0.15, 0.2) is 24.3 Å². The van der Waals surface area contributed by atoms with E-state index in [0.717, 1.165) is 36.9 Å². The maximum atomic E-state index is 11.1. The molecule has 1 heterocycles. The maximum absolute atomic E-state index is 11.1. The van der Waals surface area contributed by atoms with Crippen molar-refractivity contribution in [3.05, 3.63) is 45.6 Å². The number of para-hydroxylation sites is 2. The number of nitro benzene ring substituents is 1. The Morgan fingerprint density at radius 1 is 1.26 bits per heavy atom. The number of nitrogens with zero attached hydrogens (tertiary/aromatic N) is 3. The number of nitro groups is 1. The molecule has 1 aliphatic rings. The van der Waals surface area contributed by atoms with E-state index in [2.05, 4.69) is 5.10 Å². The molecule has 0 unspecified atom stereocenters. The van der Waals surface area contributed by atoms with Crippen LogP contribution in [0.25, 0.3) is 5.69 Å². The summed E-state index contributed by atoms with van der Waals surface area (Å²) >= 11 is 0. The lowest BCUT2D eigenvalue weighted by molar-refractivity contribution is -0.384. The zero-order chi connectivity index (χ0) is 13.4. The van der Waals surface area contributed by atoms with Crippen LogP contribution < -0.4 is 5.73 Å². The Morgan fingerprint density at radius 2 is 2.00 bits per heavy atom. The number of anilines is 1. The van der Waals surface area contributed by atoms with Crippen molar-refractivity contribution >= 4 is 11.5 Å². The second-order valence-corrected chi connectivity index (χ2v) is 4.68. The number of benzene rings is 1. The van der Waals surface area contributed by atoms with Crippen LogP contribution in [0.1, 0.15) is 24.1 Å². The third kappa shape index (κ3) is 1.85. The SMILES string of the molecule is Nc1c2c(nn1-c1ccccc1[N+](=O)[O-])CCCC2. The molecule has 1 aromatic heterocycles. The van der Waals surface area contributed by atoms with Gasteiger partial charge in [0.05, 0.1) is 10.6 Å². The summed E-state index contributed by atoms with van der Waals surface area (Å²) in [5, 5.41) is 15.5. The Labute approximate surface area is 110 Å². The molecule has 1 aromatic carbocycles. The van der Waals surface area contributed by atoms with Gasteiger partial charge in [-0.05, 0) is 31.7 Å². The molecule has 3 rings (SSSR count). The lowest BCUT2D eigenvalue weighted by Crippen LogP contribution is -2.05. The Kier molecular flexibility index (Phi) is 2.70. The minimum absolute atomic E-state index is 0.0223. The molecule has 98 valence electrons.